The number of hydrogen-bond acceptors (Lipinski definition) is 5. The molecule has 0 saturated heterocycles. The summed E-state index contributed by atoms with van der Waals surface area (Å²) in [4.78, 5) is 8.05. The Balaban J connectivity index is 0.00000338. The van der Waals surface area contributed by atoms with Gasteiger partial charge in [0.2, 0.25) is 5.89 Å². The van der Waals surface area contributed by atoms with Crippen molar-refractivity contribution in [3.63, 3.8) is 0 Å². The molecule has 0 atom stereocenters. The second-order valence-electron chi connectivity index (χ2n) is 4.77. The van der Waals surface area contributed by atoms with Crippen molar-refractivity contribution in [1.29, 1.82) is 0 Å². The Morgan fingerprint density at radius 3 is 2.58 bits per heavy atom. The Bertz CT molecular complexity index is 761. The normalized spacial score (nSPS) is 11.3. The zero-order chi connectivity index (χ0) is 18.4. The summed E-state index contributed by atoms with van der Waals surface area (Å²) in [5, 5.41) is 9.85. The quantitative estimate of drug-likeness (QED) is 0.342. The number of aromatic nitrogens is 2. The van der Waals surface area contributed by atoms with E-state index in [4.69, 9.17) is 27.7 Å². The molecule has 144 valence electrons. The van der Waals surface area contributed by atoms with Gasteiger partial charge in [-0.15, -0.1) is 24.0 Å². The van der Waals surface area contributed by atoms with Crippen LogP contribution in [0.15, 0.2) is 21.6 Å². The van der Waals surface area contributed by atoms with Crippen LogP contribution in [0.1, 0.15) is 17.3 Å². The van der Waals surface area contributed by atoms with Crippen molar-refractivity contribution in [2.24, 2.45) is 4.99 Å². The SMILES string of the molecule is CN=C(NCc1nc(C)no1)NCc1cc(Cl)cc(Cl)c1OC(F)F.I. The zero-order valence-electron chi connectivity index (χ0n) is 13.7. The molecule has 0 aliphatic heterocycles. The monoisotopic (exact) mass is 521 g/mol. The minimum absolute atomic E-state index is 0. The van der Waals surface area contributed by atoms with Crippen molar-refractivity contribution < 1.29 is 18.0 Å². The van der Waals surface area contributed by atoms with Crippen molar-refractivity contribution in [2.75, 3.05) is 7.05 Å². The number of aryl methyl sites for hydroxylation is 1. The second kappa shape index (κ2) is 10.7. The third-order valence-electron chi connectivity index (χ3n) is 2.94. The highest BCUT2D eigenvalue weighted by atomic mass is 127. The van der Waals surface area contributed by atoms with Gasteiger partial charge in [-0.1, -0.05) is 28.4 Å². The van der Waals surface area contributed by atoms with Crippen molar-refractivity contribution in [1.82, 2.24) is 20.8 Å². The van der Waals surface area contributed by atoms with E-state index in [9.17, 15) is 8.78 Å². The molecular formula is C14H16Cl2F2IN5O2. The number of benzene rings is 1. The number of hydrogen-bond donors (Lipinski definition) is 2. The van der Waals surface area contributed by atoms with E-state index >= 15 is 0 Å². The fourth-order valence-electron chi connectivity index (χ4n) is 1.94. The van der Waals surface area contributed by atoms with Gasteiger partial charge in [-0.3, -0.25) is 4.99 Å². The number of nitrogens with one attached hydrogen (secondary N) is 2. The van der Waals surface area contributed by atoms with Crippen LogP contribution in [0, 0.1) is 6.92 Å². The topological polar surface area (TPSA) is 84.6 Å². The second-order valence-corrected chi connectivity index (χ2v) is 5.61. The number of rotatable bonds is 6. The molecule has 0 aliphatic carbocycles. The van der Waals surface area contributed by atoms with E-state index in [0.717, 1.165) is 0 Å². The third-order valence-corrected chi connectivity index (χ3v) is 3.44. The smallest absolute Gasteiger partial charge is 0.387 e. The summed E-state index contributed by atoms with van der Waals surface area (Å²) in [5.41, 5.74) is 0.356. The van der Waals surface area contributed by atoms with Crippen molar-refractivity contribution >= 4 is 53.1 Å². The number of aliphatic imine (C=N–C) groups is 1. The average molecular weight is 522 g/mol. The van der Waals surface area contributed by atoms with Crippen LogP contribution in [0.3, 0.4) is 0 Å². The lowest BCUT2D eigenvalue weighted by atomic mass is 10.2. The summed E-state index contributed by atoms with van der Waals surface area (Å²) in [6.45, 7) is -0.953. The largest absolute Gasteiger partial charge is 0.433 e. The number of guanidine groups is 1. The van der Waals surface area contributed by atoms with E-state index in [-0.39, 0.29) is 47.8 Å². The Kier molecular flexibility index (Phi) is 9.30. The van der Waals surface area contributed by atoms with Crippen LogP contribution in [0.2, 0.25) is 10.0 Å². The molecule has 0 aliphatic rings. The van der Waals surface area contributed by atoms with E-state index < -0.39 is 6.61 Å². The molecule has 2 aromatic rings. The summed E-state index contributed by atoms with van der Waals surface area (Å²) in [6.07, 6.45) is 0. The first kappa shape index (κ1) is 22.6. The molecule has 0 radical (unpaired) electrons. The zero-order valence-corrected chi connectivity index (χ0v) is 17.6. The fourth-order valence-corrected chi connectivity index (χ4v) is 2.52. The number of halogens is 5. The van der Waals surface area contributed by atoms with Crippen molar-refractivity contribution in [3.05, 3.63) is 39.5 Å². The van der Waals surface area contributed by atoms with Gasteiger partial charge in [0.15, 0.2) is 11.8 Å². The maximum Gasteiger partial charge on any atom is 0.387 e. The molecule has 0 saturated carbocycles. The minimum Gasteiger partial charge on any atom is -0.433 e. The molecule has 1 aromatic carbocycles. The molecule has 0 fully saturated rings. The van der Waals surface area contributed by atoms with Gasteiger partial charge in [-0.05, 0) is 19.1 Å². The lowest BCUT2D eigenvalue weighted by Gasteiger charge is -2.15. The molecular weight excluding hydrogens is 506 g/mol. The van der Waals surface area contributed by atoms with Gasteiger partial charge in [-0.2, -0.15) is 13.8 Å². The first-order chi connectivity index (χ1) is 11.9. The molecule has 0 spiro atoms. The molecule has 2 rings (SSSR count). The first-order valence-electron chi connectivity index (χ1n) is 7.05. The molecule has 0 unspecified atom stereocenters. The molecule has 0 amide bonds. The predicted octanol–water partition coefficient (Wildman–Crippen LogP) is 3.77. The van der Waals surface area contributed by atoms with Gasteiger partial charge in [-0.25, -0.2) is 0 Å². The molecule has 1 heterocycles. The van der Waals surface area contributed by atoms with Crippen LogP contribution >= 0.6 is 47.2 Å². The minimum atomic E-state index is -3.00. The van der Waals surface area contributed by atoms with Gasteiger partial charge in [0.05, 0.1) is 11.6 Å². The van der Waals surface area contributed by atoms with Gasteiger partial charge in [0.1, 0.15) is 5.75 Å². The van der Waals surface area contributed by atoms with Crippen LogP contribution in [0.4, 0.5) is 8.78 Å². The Hall–Kier alpha value is -1.40. The van der Waals surface area contributed by atoms with Gasteiger partial charge >= 0.3 is 6.61 Å². The number of alkyl halides is 2. The molecule has 1 aromatic heterocycles. The van der Waals surface area contributed by atoms with E-state index in [2.05, 4.69) is 30.5 Å². The third kappa shape index (κ3) is 6.72. The van der Waals surface area contributed by atoms with Crippen LogP contribution < -0.4 is 15.4 Å². The molecule has 2 N–H and O–H groups in total. The summed E-state index contributed by atoms with van der Waals surface area (Å²) in [6, 6.07) is 2.81. The lowest BCUT2D eigenvalue weighted by Crippen LogP contribution is -2.36. The number of ether oxygens (including phenoxy) is 1. The molecule has 26 heavy (non-hydrogen) atoms. The maximum atomic E-state index is 12.6. The van der Waals surface area contributed by atoms with E-state index in [1.807, 2.05) is 0 Å². The Morgan fingerprint density at radius 2 is 2.00 bits per heavy atom. The lowest BCUT2D eigenvalue weighted by molar-refractivity contribution is -0.0504. The van der Waals surface area contributed by atoms with Crippen LogP contribution in [-0.4, -0.2) is 29.8 Å². The highest BCUT2D eigenvalue weighted by Crippen LogP contribution is 2.33. The van der Waals surface area contributed by atoms with Crippen molar-refractivity contribution in [2.45, 2.75) is 26.6 Å². The highest BCUT2D eigenvalue weighted by Gasteiger charge is 2.15. The summed E-state index contributed by atoms with van der Waals surface area (Å²) in [7, 11) is 1.55. The molecule has 7 nitrogen and oxygen atoms in total. The van der Waals surface area contributed by atoms with Crippen LogP contribution in [0.25, 0.3) is 0 Å². The Morgan fingerprint density at radius 1 is 1.31 bits per heavy atom. The Labute approximate surface area is 175 Å². The van der Waals surface area contributed by atoms with Crippen LogP contribution in [0.5, 0.6) is 5.75 Å². The van der Waals surface area contributed by atoms with Crippen molar-refractivity contribution in [3.8, 4) is 5.75 Å². The van der Waals surface area contributed by atoms with E-state index in [0.29, 0.717) is 28.3 Å². The molecule has 0 bridgehead atoms. The standard InChI is InChI=1S/C14H15Cl2F2N5O2.HI/c1-7-22-11(25-23-7)6-21-14(19-2)20-5-8-3-9(15)4-10(16)12(8)24-13(17)18;/h3-4,13H,5-6H2,1-2H3,(H2,19,20,21);1H. The van der Waals surface area contributed by atoms with E-state index in [1.165, 1.54) is 12.1 Å². The van der Waals surface area contributed by atoms with Gasteiger partial charge in [0.25, 0.3) is 0 Å². The van der Waals surface area contributed by atoms with Gasteiger partial charge < -0.3 is 19.9 Å². The highest BCUT2D eigenvalue weighted by molar-refractivity contribution is 14.0. The number of nitrogens with zero attached hydrogens (tertiary/aromatic N) is 3. The van der Waals surface area contributed by atoms with Crippen LogP contribution in [-0.2, 0) is 13.1 Å². The van der Waals surface area contributed by atoms with Gasteiger partial charge in [0, 0.05) is 24.2 Å². The summed E-state index contributed by atoms with van der Waals surface area (Å²) in [5.74, 6) is 1.14. The molecule has 12 heteroatoms. The fraction of sp³-hybridized carbons (Fsp3) is 0.357. The summed E-state index contributed by atoms with van der Waals surface area (Å²) < 4.78 is 34.6. The van der Waals surface area contributed by atoms with E-state index in [1.54, 1.807) is 14.0 Å². The average Bonchev–Trinajstić information content (AvgIpc) is 2.95. The predicted molar refractivity (Wildman–Crippen MR) is 105 cm³/mol. The first-order valence-corrected chi connectivity index (χ1v) is 7.81. The summed E-state index contributed by atoms with van der Waals surface area (Å²) >= 11 is 11.9. The maximum absolute atomic E-state index is 12.6.